The van der Waals surface area contributed by atoms with Gasteiger partial charge in [-0.25, -0.2) is 0 Å². The second-order valence-corrected chi connectivity index (χ2v) is 3.91. The van der Waals surface area contributed by atoms with E-state index in [4.69, 9.17) is 9.47 Å². The van der Waals surface area contributed by atoms with Crippen molar-refractivity contribution in [3.8, 4) is 11.5 Å². The van der Waals surface area contributed by atoms with Crippen LogP contribution in [0.25, 0.3) is 0 Å². The third kappa shape index (κ3) is 5.04. The van der Waals surface area contributed by atoms with Crippen molar-refractivity contribution >= 4 is 5.91 Å². The van der Waals surface area contributed by atoms with Gasteiger partial charge in [-0.2, -0.15) is 0 Å². The Labute approximate surface area is 114 Å². The largest absolute Gasteiger partial charge is 0.494 e. The molecule has 1 aromatic rings. The average Bonchev–Trinajstić information content (AvgIpc) is 2.44. The average molecular weight is 263 g/mol. The van der Waals surface area contributed by atoms with Crippen molar-refractivity contribution in [2.75, 3.05) is 26.3 Å². The standard InChI is InChI=1S/C15H21NO3/c1-4-11-16(5-2)15(17)12-19-14-9-7-13(8-10-14)18-6-3/h4,7-10H,1,5-6,11-12H2,2-3H3. The first kappa shape index (κ1) is 15.1. The van der Waals surface area contributed by atoms with E-state index < -0.39 is 0 Å². The molecule has 0 radical (unpaired) electrons. The summed E-state index contributed by atoms with van der Waals surface area (Å²) in [5.74, 6) is 1.41. The van der Waals surface area contributed by atoms with E-state index in [2.05, 4.69) is 6.58 Å². The number of carbonyl (C=O) groups excluding carboxylic acids is 1. The molecule has 0 saturated carbocycles. The van der Waals surface area contributed by atoms with Crippen LogP contribution in [0.2, 0.25) is 0 Å². The Morgan fingerprint density at radius 1 is 1.21 bits per heavy atom. The molecule has 0 aliphatic rings. The Hall–Kier alpha value is -1.97. The van der Waals surface area contributed by atoms with E-state index in [1.807, 2.05) is 26.0 Å². The zero-order valence-electron chi connectivity index (χ0n) is 11.6. The monoisotopic (exact) mass is 263 g/mol. The molecule has 1 amide bonds. The van der Waals surface area contributed by atoms with Crippen molar-refractivity contribution < 1.29 is 14.3 Å². The second kappa shape index (κ2) is 8.19. The molecule has 4 heteroatoms. The number of ether oxygens (including phenoxy) is 2. The van der Waals surface area contributed by atoms with E-state index >= 15 is 0 Å². The van der Waals surface area contributed by atoms with Crippen molar-refractivity contribution in [2.24, 2.45) is 0 Å². The van der Waals surface area contributed by atoms with Crippen molar-refractivity contribution in [2.45, 2.75) is 13.8 Å². The van der Waals surface area contributed by atoms with E-state index in [1.165, 1.54) is 0 Å². The normalized spacial score (nSPS) is 9.79. The second-order valence-electron chi connectivity index (χ2n) is 3.91. The molecule has 19 heavy (non-hydrogen) atoms. The smallest absolute Gasteiger partial charge is 0.260 e. The van der Waals surface area contributed by atoms with Gasteiger partial charge in [-0.15, -0.1) is 6.58 Å². The van der Waals surface area contributed by atoms with Gasteiger partial charge in [0.05, 0.1) is 6.61 Å². The SMILES string of the molecule is C=CCN(CC)C(=O)COc1ccc(OCC)cc1. The molecular weight excluding hydrogens is 242 g/mol. The van der Waals surface area contributed by atoms with Crippen molar-refractivity contribution in [3.63, 3.8) is 0 Å². The summed E-state index contributed by atoms with van der Waals surface area (Å²) in [6.07, 6.45) is 1.71. The van der Waals surface area contributed by atoms with E-state index in [9.17, 15) is 4.79 Å². The number of rotatable bonds is 8. The molecule has 0 fully saturated rings. The van der Waals surface area contributed by atoms with Crippen molar-refractivity contribution in [1.29, 1.82) is 0 Å². The van der Waals surface area contributed by atoms with Gasteiger partial charge < -0.3 is 14.4 Å². The van der Waals surface area contributed by atoms with Crippen LogP contribution in [0.15, 0.2) is 36.9 Å². The van der Waals surface area contributed by atoms with Crippen LogP contribution in [-0.2, 0) is 4.79 Å². The van der Waals surface area contributed by atoms with Crippen LogP contribution >= 0.6 is 0 Å². The first-order valence-electron chi connectivity index (χ1n) is 6.45. The highest BCUT2D eigenvalue weighted by Gasteiger charge is 2.10. The fourth-order valence-electron chi connectivity index (χ4n) is 1.60. The van der Waals surface area contributed by atoms with Crippen LogP contribution in [0, 0.1) is 0 Å². The molecule has 0 aromatic heterocycles. The third-order valence-corrected chi connectivity index (χ3v) is 2.58. The van der Waals surface area contributed by atoms with Crippen LogP contribution in [0.1, 0.15) is 13.8 Å². The minimum atomic E-state index is -0.0451. The van der Waals surface area contributed by atoms with Gasteiger partial charge in [-0.05, 0) is 38.1 Å². The number of likely N-dealkylation sites (N-methyl/N-ethyl adjacent to an activating group) is 1. The first-order valence-corrected chi connectivity index (χ1v) is 6.45. The summed E-state index contributed by atoms with van der Waals surface area (Å²) in [6, 6.07) is 7.24. The van der Waals surface area contributed by atoms with Gasteiger partial charge in [0.1, 0.15) is 11.5 Å². The maximum Gasteiger partial charge on any atom is 0.260 e. The van der Waals surface area contributed by atoms with Gasteiger partial charge in [-0.1, -0.05) is 6.08 Å². The topological polar surface area (TPSA) is 38.8 Å². The maximum atomic E-state index is 11.8. The van der Waals surface area contributed by atoms with Gasteiger partial charge in [0.15, 0.2) is 6.61 Å². The Balaban J connectivity index is 2.47. The molecule has 0 atom stereocenters. The van der Waals surface area contributed by atoms with Crippen LogP contribution in [0.5, 0.6) is 11.5 Å². The van der Waals surface area contributed by atoms with Crippen LogP contribution in [0.4, 0.5) is 0 Å². The lowest BCUT2D eigenvalue weighted by Crippen LogP contribution is -2.34. The molecule has 0 bridgehead atoms. The Morgan fingerprint density at radius 3 is 2.26 bits per heavy atom. The van der Waals surface area contributed by atoms with E-state index in [-0.39, 0.29) is 12.5 Å². The fourth-order valence-corrected chi connectivity index (χ4v) is 1.60. The van der Waals surface area contributed by atoms with Crippen molar-refractivity contribution in [3.05, 3.63) is 36.9 Å². The van der Waals surface area contributed by atoms with Gasteiger partial charge >= 0.3 is 0 Å². The molecule has 0 aliphatic heterocycles. The summed E-state index contributed by atoms with van der Waals surface area (Å²) in [5.41, 5.74) is 0. The maximum absolute atomic E-state index is 11.8. The predicted octanol–water partition coefficient (Wildman–Crippen LogP) is 2.50. The third-order valence-electron chi connectivity index (χ3n) is 2.58. The molecule has 0 heterocycles. The van der Waals surface area contributed by atoms with Gasteiger partial charge in [-0.3, -0.25) is 4.79 Å². The highest BCUT2D eigenvalue weighted by Crippen LogP contribution is 2.17. The fraction of sp³-hybridized carbons (Fsp3) is 0.400. The zero-order valence-corrected chi connectivity index (χ0v) is 11.6. The number of amides is 1. The van der Waals surface area contributed by atoms with Gasteiger partial charge in [0.2, 0.25) is 0 Å². The lowest BCUT2D eigenvalue weighted by molar-refractivity contribution is -0.132. The molecule has 0 spiro atoms. The summed E-state index contributed by atoms with van der Waals surface area (Å²) < 4.78 is 10.8. The molecule has 0 N–H and O–H groups in total. The van der Waals surface area contributed by atoms with Crippen LogP contribution in [0.3, 0.4) is 0 Å². The quantitative estimate of drug-likeness (QED) is 0.676. The lowest BCUT2D eigenvalue weighted by Gasteiger charge is -2.19. The number of benzene rings is 1. The molecule has 104 valence electrons. The summed E-state index contributed by atoms with van der Waals surface area (Å²) in [5, 5.41) is 0. The van der Waals surface area contributed by atoms with Gasteiger partial charge in [0, 0.05) is 13.1 Å². The molecule has 4 nitrogen and oxygen atoms in total. The van der Waals surface area contributed by atoms with Crippen molar-refractivity contribution in [1.82, 2.24) is 4.90 Å². The Morgan fingerprint density at radius 2 is 1.79 bits per heavy atom. The van der Waals surface area contributed by atoms with E-state index in [1.54, 1.807) is 23.1 Å². The molecule has 1 aromatic carbocycles. The van der Waals surface area contributed by atoms with E-state index in [0.29, 0.717) is 25.4 Å². The highest BCUT2D eigenvalue weighted by atomic mass is 16.5. The first-order chi connectivity index (χ1) is 9.21. The minimum absolute atomic E-state index is 0.0374. The molecule has 0 unspecified atom stereocenters. The number of nitrogens with zero attached hydrogens (tertiary/aromatic N) is 1. The number of carbonyl (C=O) groups is 1. The zero-order chi connectivity index (χ0) is 14.1. The lowest BCUT2D eigenvalue weighted by atomic mass is 10.3. The summed E-state index contributed by atoms with van der Waals surface area (Å²) in [6.45, 7) is 9.35. The highest BCUT2D eigenvalue weighted by molar-refractivity contribution is 5.77. The Kier molecular flexibility index (Phi) is 6.50. The van der Waals surface area contributed by atoms with Crippen LogP contribution < -0.4 is 9.47 Å². The molecule has 0 aliphatic carbocycles. The summed E-state index contributed by atoms with van der Waals surface area (Å²) in [4.78, 5) is 13.5. The summed E-state index contributed by atoms with van der Waals surface area (Å²) >= 11 is 0. The predicted molar refractivity (Wildman–Crippen MR) is 75.6 cm³/mol. The number of hydrogen-bond donors (Lipinski definition) is 0. The van der Waals surface area contributed by atoms with Crippen LogP contribution in [-0.4, -0.2) is 37.1 Å². The number of hydrogen-bond acceptors (Lipinski definition) is 3. The summed E-state index contributed by atoms with van der Waals surface area (Å²) in [7, 11) is 0. The van der Waals surface area contributed by atoms with Gasteiger partial charge in [0.25, 0.3) is 5.91 Å². The minimum Gasteiger partial charge on any atom is -0.494 e. The molecule has 0 saturated heterocycles. The Bertz CT molecular complexity index is 400. The van der Waals surface area contributed by atoms with E-state index in [0.717, 1.165) is 5.75 Å². The molecular formula is C15H21NO3. The molecule has 1 rings (SSSR count).